The van der Waals surface area contributed by atoms with Gasteiger partial charge in [-0.05, 0) is 31.0 Å². The fraction of sp³-hybridized carbons (Fsp3) is 0.400. The van der Waals surface area contributed by atoms with Gasteiger partial charge < -0.3 is 10.8 Å². The molecule has 0 bridgehead atoms. The standard InChI is InChI=1S/C10H14FNO/c1-10(12,7-13)6-8-3-2-4-9(11)5-8/h2-5,13H,6-7,12H2,1H3. The quantitative estimate of drug-likeness (QED) is 0.736. The minimum absolute atomic E-state index is 0.108. The highest BCUT2D eigenvalue weighted by atomic mass is 19.1. The van der Waals surface area contributed by atoms with Crippen LogP contribution in [0.25, 0.3) is 0 Å². The van der Waals surface area contributed by atoms with E-state index >= 15 is 0 Å². The van der Waals surface area contributed by atoms with Gasteiger partial charge in [0.15, 0.2) is 0 Å². The Morgan fingerprint density at radius 3 is 2.77 bits per heavy atom. The Kier molecular flexibility index (Phi) is 3.01. The maximum absolute atomic E-state index is 12.7. The minimum atomic E-state index is -0.673. The van der Waals surface area contributed by atoms with E-state index < -0.39 is 5.54 Å². The first-order valence-electron chi connectivity index (χ1n) is 4.18. The lowest BCUT2D eigenvalue weighted by atomic mass is 9.95. The summed E-state index contributed by atoms with van der Waals surface area (Å²) in [5.74, 6) is -0.272. The summed E-state index contributed by atoms with van der Waals surface area (Å²) in [7, 11) is 0. The normalized spacial score (nSPS) is 15.4. The van der Waals surface area contributed by atoms with Crippen molar-refractivity contribution in [3.63, 3.8) is 0 Å². The predicted molar refractivity (Wildman–Crippen MR) is 49.8 cm³/mol. The van der Waals surface area contributed by atoms with Gasteiger partial charge in [-0.1, -0.05) is 12.1 Å². The van der Waals surface area contributed by atoms with Crippen LogP contribution in [0.5, 0.6) is 0 Å². The molecule has 0 spiro atoms. The molecule has 72 valence electrons. The van der Waals surface area contributed by atoms with Gasteiger partial charge in [0.1, 0.15) is 5.82 Å². The Labute approximate surface area is 77.2 Å². The molecule has 1 rings (SSSR count). The highest BCUT2D eigenvalue weighted by molar-refractivity contribution is 5.18. The van der Waals surface area contributed by atoms with E-state index in [1.165, 1.54) is 12.1 Å². The monoisotopic (exact) mass is 183 g/mol. The Morgan fingerprint density at radius 2 is 2.23 bits per heavy atom. The average Bonchev–Trinajstić information content (AvgIpc) is 2.03. The molecule has 0 aliphatic heterocycles. The molecular formula is C10H14FNO. The van der Waals surface area contributed by atoms with Crippen molar-refractivity contribution in [1.82, 2.24) is 0 Å². The molecule has 0 heterocycles. The molecule has 0 aliphatic rings. The number of nitrogens with two attached hydrogens (primary N) is 1. The van der Waals surface area contributed by atoms with E-state index in [2.05, 4.69) is 0 Å². The molecule has 0 saturated carbocycles. The van der Waals surface area contributed by atoms with Crippen LogP contribution in [-0.4, -0.2) is 17.3 Å². The van der Waals surface area contributed by atoms with Crippen molar-refractivity contribution in [2.75, 3.05) is 6.61 Å². The third kappa shape index (κ3) is 3.13. The molecule has 0 fully saturated rings. The van der Waals surface area contributed by atoms with Gasteiger partial charge in [0, 0.05) is 5.54 Å². The number of aliphatic hydroxyl groups is 1. The molecule has 1 atom stereocenters. The molecule has 0 amide bonds. The van der Waals surface area contributed by atoms with Crippen LogP contribution in [0.4, 0.5) is 4.39 Å². The van der Waals surface area contributed by atoms with Crippen LogP contribution in [0.1, 0.15) is 12.5 Å². The summed E-state index contributed by atoms with van der Waals surface area (Å²) >= 11 is 0. The lowest BCUT2D eigenvalue weighted by Gasteiger charge is -2.21. The van der Waals surface area contributed by atoms with Gasteiger partial charge in [0.25, 0.3) is 0 Å². The Morgan fingerprint density at radius 1 is 1.54 bits per heavy atom. The van der Waals surface area contributed by atoms with E-state index in [4.69, 9.17) is 10.8 Å². The van der Waals surface area contributed by atoms with Gasteiger partial charge in [-0.25, -0.2) is 4.39 Å². The first kappa shape index (κ1) is 10.2. The Balaban J connectivity index is 2.74. The van der Waals surface area contributed by atoms with E-state index in [0.29, 0.717) is 6.42 Å². The Hall–Kier alpha value is -0.930. The second kappa shape index (κ2) is 3.85. The third-order valence-corrected chi connectivity index (χ3v) is 1.86. The van der Waals surface area contributed by atoms with Crippen molar-refractivity contribution in [3.8, 4) is 0 Å². The van der Waals surface area contributed by atoms with Crippen LogP contribution >= 0.6 is 0 Å². The van der Waals surface area contributed by atoms with Crippen molar-refractivity contribution in [2.24, 2.45) is 5.73 Å². The largest absolute Gasteiger partial charge is 0.394 e. The molecule has 13 heavy (non-hydrogen) atoms. The SMILES string of the molecule is CC(N)(CO)Cc1cccc(F)c1. The highest BCUT2D eigenvalue weighted by Crippen LogP contribution is 2.11. The van der Waals surface area contributed by atoms with E-state index in [0.717, 1.165) is 5.56 Å². The third-order valence-electron chi connectivity index (χ3n) is 1.86. The van der Waals surface area contributed by atoms with Crippen molar-refractivity contribution in [3.05, 3.63) is 35.6 Å². The van der Waals surface area contributed by atoms with Crippen molar-refractivity contribution in [2.45, 2.75) is 18.9 Å². The molecule has 1 aromatic carbocycles. The summed E-state index contributed by atoms with van der Waals surface area (Å²) in [6, 6.07) is 6.25. The minimum Gasteiger partial charge on any atom is -0.394 e. The summed E-state index contributed by atoms with van der Waals surface area (Å²) in [4.78, 5) is 0. The lowest BCUT2D eigenvalue weighted by Crippen LogP contribution is -2.42. The predicted octanol–water partition coefficient (Wildman–Crippen LogP) is 1.08. The van der Waals surface area contributed by atoms with Gasteiger partial charge in [0.2, 0.25) is 0 Å². The van der Waals surface area contributed by atoms with Crippen molar-refractivity contribution >= 4 is 0 Å². The second-order valence-corrected chi connectivity index (χ2v) is 3.62. The first-order valence-corrected chi connectivity index (χ1v) is 4.18. The molecule has 0 saturated heterocycles. The van der Waals surface area contributed by atoms with Gasteiger partial charge >= 0.3 is 0 Å². The summed E-state index contributed by atoms with van der Waals surface area (Å²) in [6.07, 6.45) is 0.473. The number of rotatable bonds is 3. The van der Waals surface area contributed by atoms with Crippen molar-refractivity contribution in [1.29, 1.82) is 0 Å². The van der Waals surface area contributed by atoms with Gasteiger partial charge in [-0.3, -0.25) is 0 Å². The fourth-order valence-corrected chi connectivity index (χ4v) is 1.17. The smallest absolute Gasteiger partial charge is 0.123 e. The van der Waals surface area contributed by atoms with E-state index in [9.17, 15) is 4.39 Å². The van der Waals surface area contributed by atoms with E-state index in [-0.39, 0.29) is 12.4 Å². The molecule has 3 heteroatoms. The topological polar surface area (TPSA) is 46.2 Å². The van der Waals surface area contributed by atoms with Crippen LogP contribution in [0.15, 0.2) is 24.3 Å². The van der Waals surface area contributed by atoms with Gasteiger partial charge in [-0.15, -0.1) is 0 Å². The summed E-state index contributed by atoms with van der Waals surface area (Å²) in [5, 5.41) is 8.91. The second-order valence-electron chi connectivity index (χ2n) is 3.62. The average molecular weight is 183 g/mol. The van der Waals surface area contributed by atoms with Crippen LogP contribution in [-0.2, 0) is 6.42 Å². The molecule has 0 aromatic heterocycles. The maximum atomic E-state index is 12.7. The molecule has 1 unspecified atom stereocenters. The van der Waals surface area contributed by atoms with Gasteiger partial charge in [-0.2, -0.15) is 0 Å². The number of hydrogen-bond donors (Lipinski definition) is 2. The number of aliphatic hydroxyl groups excluding tert-OH is 1. The summed E-state index contributed by atoms with van der Waals surface area (Å²) in [5.41, 5.74) is 5.86. The number of benzene rings is 1. The van der Waals surface area contributed by atoms with Crippen LogP contribution in [0, 0.1) is 5.82 Å². The van der Waals surface area contributed by atoms with Crippen LogP contribution in [0.3, 0.4) is 0 Å². The zero-order valence-corrected chi connectivity index (χ0v) is 7.63. The van der Waals surface area contributed by atoms with Gasteiger partial charge in [0.05, 0.1) is 6.61 Å². The molecule has 0 aliphatic carbocycles. The summed E-state index contributed by atoms with van der Waals surface area (Å²) < 4.78 is 12.7. The first-order chi connectivity index (χ1) is 6.03. The van der Waals surface area contributed by atoms with E-state index in [1.807, 2.05) is 0 Å². The van der Waals surface area contributed by atoms with Crippen LogP contribution < -0.4 is 5.73 Å². The molecule has 3 N–H and O–H groups in total. The van der Waals surface area contributed by atoms with Crippen molar-refractivity contribution < 1.29 is 9.50 Å². The molecule has 1 aromatic rings. The fourth-order valence-electron chi connectivity index (χ4n) is 1.17. The number of halogens is 1. The van der Waals surface area contributed by atoms with E-state index in [1.54, 1.807) is 19.1 Å². The zero-order chi connectivity index (χ0) is 9.90. The molecule has 0 radical (unpaired) electrons. The maximum Gasteiger partial charge on any atom is 0.123 e. The van der Waals surface area contributed by atoms with Crippen LogP contribution in [0.2, 0.25) is 0 Å². The Bertz CT molecular complexity index is 286. The highest BCUT2D eigenvalue weighted by Gasteiger charge is 2.17. The molecular weight excluding hydrogens is 169 g/mol. The zero-order valence-electron chi connectivity index (χ0n) is 7.63. The summed E-state index contributed by atoms with van der Waals surface area (Å²) in [6.45, 7) is 1.63. The lowest BCUT2D eigenvalue weighted by molar-refractivity contribution is 0.208. The molecule has 2 nitrogen and oxygen atoms in total. The number of hydrogen-bond acceptors (Lipinski definition) is 2.